The van der Waals surface area contributed by atoms with E-state index >= 15 is 0 Å². The summed E-state index contributed by atoms with van der Waals surface area (Å²) in [6.45, 7) is 2.56. The predicted octanol–water partition coefficient (Wildman–Crippen LogP) is 0.0933. The SMILES string of the molecule is CS(=O)(=O)N1CCCC(c2nn(CC(=O)N3CCOCC3)c(=O)n2-c2cccs2)C1. The van der Waals surface area contributed by atoms with Crippen molar-refractivity contribution < 1.29 is 17.9 Å². The van der Waals surface area contributed by atoms with Gasteiger partial charge in [-0.2, -0.15) is 5.10 Å². The molecular formula is C18H25N5O5S2. The number of thiophene rings is 1. The first-order valence-corrected chi connectivity index (χ1v) is 12.6. The standard InChI is InChI=1S/C18H25N5O5S2/c1-30(26,27)21-6-2-4-14(12-21)17-19-22(13-15(24)20-7-9-28-10-8-20)18(25)23(17)16-5-3-11-29-16/h3,5,11,14H,2,4,6-10,12-13H2,1H3. The number of piperidine rings is 1. The molecule has 0 saturated carbocycles. The van der Waals surface area contributed by atoms with E-state index in [0.29, 0.717) is 50.1 Å². The molecule has 1 atom stereocenters. The maximum Gasteiger partial charge on any atom is 0.351 e. The topological polar surface area (TPSA) is 107 Å². The number of aromatic nitrogens is 3. The Balaban J connectivity index is 1.66. The van der Waals surface area contributed by atoms with Gasteiger partial charge in [0.05, 0.1) is 19.5 Å². The van der Waals surface area contributed by atoms with Crippen molar-refractivity contribution in [3.63, 3.8) is 0 Å². The highest BCUT2D eigenvalue weighted by atomic mass is 32.2. The van der Waals surface area contributed by atoms with Gasteiger partial charge in [0.25, 0.3) is 0 Å². The van der Waals surface area contributed by atoms with Gasteiger partial charge in [-0.25, -0.2) is 26.8 Å². The van der Waals surface area contributed by atoms with Gasteiger partial charge in [0, 0.05) is 32.1 Å². The first-order valence-electron chi connectivity index (χ1n) is 9.89. The highest BCUT2D eigenvalue weighted by molar-refractivity contribution is 7.88. The summed E-state index contributed by atoms with van der Waals surface area (Å²) in [7, 11) is -3.33. The van der Waals surface area contributed by atoms with E-state index in [-0.39, 0.29) is 30.6 Å². The number of amides is 1. The lowest BCUT2D eigenvalue weighted by Gasteiger charge is -2.30. The lowest BCUT2D eigenvalue weighted by molar-refractivity contribution is -0.136. The average Bonchev–Trinajstić information content (AvgIpc) is 3.36. The van der Waals surface area contributed by atoms with E-state index in [2.05, 4.69) is 5.10 Å². The van der Waals surface area contributed by atoms with Gasteiger partial charge in [-0.3, -0.25) is 4.79 Å². The summed E-state index contributed by atoms with van der Waals surface area (Å²) >= 11 is 1.40. The van der Waals surface area contributed by atoms with E-state index in [1.54, 1.807) is 4.90 Å². The minimum absolute atomic E-state index is 0.146. The maximum atomic E-state index is 13.2. The van der Waals surface area contributed by atoms with Gasteiger partial charge < -0.3 is 9.64 Å². The smallest absolute Gasteiger partial charge is 0.351 e. The molecule has 0 bridgehead atoms. The second-order valence-corrected chi connectivity index (χ2v) is 10.4. The molecule has 2 saturated heterocycles. The highest BCUT2D eigenvalue weighted by Gasteiger charge is 2.32. The Kier molecular flexibility index (Phi) is 6.09. The van der Waals surface area contributed by atoms with Gasteiger partial charge in [-0.15, -0.1) is 11.3 Å². The molecule has 2 aromatic heterocycles. The van der Waals surface area contributed by atoms with Crippen molar-refractivity contribution in [2.75, 3.05) is 45.6 Å². The van der Waals surface area contributed by atoms with Crippen molar-refractivity contribution in [2.45, 2.75) is 25.3 Å². The Morgan fingerprint density at radius 2 is 2.07 bits per heavy atom. The molecule has 10 nitrogen and oxygen atoms in total. The fraction of sp³-hybridized carbons (Fsp3) is 0.611. The number of rotatable bonds is 5. The Bertz CT molecular complexity index is 1050. The molecule has 0 radical (unpaired) electrons. The van der Waals surface area contributed by atoms with Crippen molar-refractivity contribution >= 4 is 27.3 Å². The van der Waals surface area contributed by atoms with E-state index in [1.807, 2.05) is 17.5 Å². The number of hydrogen-bond acceptors (Lipinski definition) is 7. The molecule has 4 heterocycles. The van der Waals surface area contributed by atoms with Crippen LogP contribution in [0.15, 0.2) is 22.3 Å². The number of carbonyl (C=O) groups excluding carboxylic acids is 1. The normalized spacial score (nSPS) is 21.1. The van der Waals surface area contributed by atoms with Gasteiger partial charge >= 0.3 is 5.69 Å². The zero-order valence-electron chi connectivity index (χ0n) is 16.8. The van der Waals surface area contributed by atoms with E-state index in [1.165, 1.54) is 31.1 Å². The van der Waals surface area contributed by atoms with Crippen LogP contribution in [-0.4, -0.2) is 83.5 Å². The summed E-state index contributed by atoms with van der Waals surface area (Å²) in [5, 5.41) is 7.09. The van der Waals surface area contributed by atoms with Crippen molar-refractivity contribution in [2.24, 2.45) is 0 Å². The van der Waals surface area contributed by atoms with Crippen LogP contribution in [0.1, 0.15) is 24.6 Å². The third-order valence-electron chi connectivity index (χ3n) is 5.46. The first kappa shape index (κ1) is 21.2. The second kappa shape index (κ2) is 8.61. The number of hydrogen-bond donors (Lipinski definition) is 0. The van der Waals surface area contributed by atoms with Gasteiger partial charge in [-0.1, -0.05) is 0 Å². The molecule has 0 aromatic carbocycles. The Morgan fingerprint density at radius 1 is 1.30 bits per heavy atom. The molecule has 1 unspecified atom stereocenters. The molecule has 2 aliphatic heterocycles. The molecule has 0 spiro atoms. The fourth-order valence-corrected chi connectivity index (χ4v) is 5.53. The van der Waals surface area contributed by atoms with Crippen molar-refractivity contribution in [3.05, 3.63) is 33.8 Å². The molecule has 2 aliphatic rings. The molecule has 4 rings (SSSR count). The number of sulfonamides is 1. The van der Waals surface area contributed by atoms with Gasteiger partial charge in [-0.05, 0) is 30.4 Å². The second-order valence-electron chi connectivity index (χ2n) is 7.54. The minimum Gasteiger partial charge on any atom is -0.378 e. The van der Waals surface area contributed by atoms with E-state index < -0.39 is 10.0 Å². The quantitative estimate of drug-likeness (QED) is 0.633. The van der Waals surface area contributed by atoms with Crippen LogP contribution in [0.3, 0.4) is 0 Å². The van der Waals surface area contributed by atoms with Crippen LogP contribution in [0.2, 0.25) is 0 Å². The third kappa shape index (κ3) is 4.36. The molecule has 30 heavy (non-hydrogen) atoms. The van der Waals surface area contributed by atoms with Gasteiger partial charge in [0.15, 0.2) is 0 Å². The van der Waals surface area contributed by atoms with E-state index in [0.717, 1.165) is 6.42 Å². The van der Waals surface area contributed by atoms with Crippen LogP contribution in [0.5, 0.6) is 0 Å². The molecule has 164 valence electrons. The van der Waals surface area contributed by atoms with Gasteiger partial charge in [0.2, 0.25) is 15.9 Å². The highest BCUT2D eigenvalue weighted by Crippen LogP contribution is 2.28. The molecule has 1 amide bonds. The van der Waals surface area contributed by atoms with Crippen LogP contribution in [-0.2, 0) is 26.1 Å². The summed E-state index contributed by atoms with van der Waals surface area (Å²) in [6.07, 6.45) is 2.61. The number of nitrogens with zero attached hydrogens (tertiary/aromatic N) is 5. The summed E-state index contributed by atoms with van der Waals surface area (Å²) in [6, 6.07) is 3.67. The van der Waals surface area contributed by atoms with Crippen LogP contribution in [0, 0.1) is 0 Å². The summed E-state index contributed by atoms with van der Waals surface area (Å²) in [5.41, 5.74) is -0.384. The van der Waals surface area contributed by atoms with Crippen molar-refractivity contribution in [1.82, 2.24) is 23.6 Å². The average molecular weight is 456 g/mol. The van der Waals surface area contributed by atoms with Crippen LogP contribution < -0.4 is 5.69 Å². The Morgan fingerprint density at radius 3 is 2.73 bits per heavy atom. The summed E-state index contributed by atoms with van der Waals surface area (Å²) in [5.74, 6) is 0.109. The molecule has 2 aromatic rings. The third-order valence-corrected chi connectivity index (χ3v) is 7.58. The molecule has 0 N–H and O–H groups in total. The molecular weight excluding hydrogens is 430 g/mol. The minimum atomic E-state index is -3.33. The van der Waals surface area contributed by atoms with Gasteiger partial charge in [0.1, 0.15) is 17.4 Å². The van der Waals surface area contributed by atoms with Crippen LogP contribution in [0.4, 0.5) is 0 Å². The van der Waals surface area contributed by atoms with E-state index in [9.17, 15) is 18.0 Å². The number of morpholine rings is 1. The first-order chi connectivity index (χ1) is 14.3. The number of carbonyl (C=O) groups is 1. The molecule has 0 aliphatic carbocycles. The van der Waals surface area contributed by atoms with Crippen LogP contribution >= 0.6 is 11.3 Å². The predicted molar refractivity (Wildman–Crippen MR) is 111 cm³/mol. The fourth-order valence-electron chi connectivity index (χ4n) is 3.89. The number of ether oxygens (including phenoxy) is 1. The molecule has 12 heteroatoms. The lowest BCUT2D eigenvalue weighted by Crippen LogP contribution is -2.43. The summed E-state index contributed by atoms with van der Waals surface area (Å²) in [4.78, 5) is 27.5. The monoisotopic (exact) mass is 455 g/mol. The van der Waals surface area contributed by atoms with Crippen LogP contribution in [0.25, 0.3) is 5.00 Å². The zero-order valence-corrected chi connectivity index (χ0v) is 18.4. The lowest BCUT2D eigenvalue weighted by atomic mass is 9.99. The summed E-state index contributed by atoms with van der Waals surface area (Å²) < 4.78 is 33.5. The Labute approximate surface area is 178 Å². The zero-order chi connectivity index (χ0) is 21.3. The Hall–Kier alpha value is -2.02. The van der Waals surface area contributed by atoms with Crippen molar-refractivity contribution in [1.29, 1.82) is 0 Å². The largest absolute Gasteiger partial charge is 0.378 e. The maximum absolute atomic E-state index is 13.2. The van der Waals surface area contributed by atoms with Crippen molar-refractivity contribution in [3.8, 4) is 5.00 Å². The molecule has 2 fully saturated rings. The van der Waals surface area contributed by atoms with E-state index in [4.69, 9.17) is 4.74 Å².